The molecule has 0 saturated heterocycles. The van der Waals surface area contributed by atoms with Gasteiger partial charge in [0.05, 0.1) is 35.1 Å². The number of unbranched alkanes of at least 4 members (excludes halogenated alkanes) is 8. The molecule has 1 atom stereocenters. The van der Waals surface area contributed by atoms with E-state index in [9.17, 15) is 33.8 Å². The van der Waals surface area contributed by atoms with Gasteiger partial charge in [0.2, 0.25) is 5.91 Å². The summed E-state index contributed by atoms with van der Waals surface area (Å²) in [5.74, 6) is -2.79. The van der Waals surface area contributed by atoms with Crippen LogP contribution in [0.2, 0.25) is 0 Å². The summed E-state index contributed by atoms with van der Waals surface area (Å²) >= 11 is 0. The molecule has 0 rings (SSSR count). The Bertz CT molecular complexity index is 728. The van der Waals surface area contributed by atoms with Crippen LogP contribution in [0.25, 0.3) is 0 Å². The van der Waals surface area contributed by atoms with Gasteiger partial charge in [0.25, 0.3) is 0 Å². The van der Waals surface area contributed by atoms with Crippen LogP contribution in [0.3, 0.4) is 0 Å². The molecular formula is C26H53N2Na2O11P. The topological polar surface area (TPSA) is 233 Å². The minimum atomic E-state index is -4.81. The van der Waals surface area contributed by atoms with Crippen molar-refractivity contribution in [3.05, 3.63) is 0 Å². The van der Waals surface area contributed by atoms with Gasteiger partial charge in [0.15, 0.2) is 5.54 Å². The zero-order valence-corrected chi connectivity index (χ0v) is 31.7. The molecule has 1 amide bonds. The number of carboxylic acid groups (broad SMARTS) is 2. The van der Waals surface area contributed by atoms with Crippen LogP contribution in [0.15, 0.2) is 0 Å². The van der Waals surface area contributed by atoms with Gasteiger partial charge in [-0.1, -0.05) is 65.2 Å². The Hall–Kier alpha value is 0.400. The molecule has 0 bridgehead atoms. The van der Waals surface area contributed by atoms with Gasteiger partial charge >= 0.3 is 65.1 Å². The molecule has 0 aromatic heterocycles. The van der Waals surface area contributed by atoms with Crippen molar-refractivity contribution in [2.24, 2.45) is 5.73 Å². The average Bonchev–Trinajstić information content (AvgIpc) is 2.82. The summed E-state index contributed by atoms with van der Waals surface area (Å²) in [6, 6.07) is 0. The molecule has 0 radical (unpaired) electrons. The van der Waals surface area contributed by atoms with Gasteiger partial charge < -0.3 is 54.3 Å². The Balaban J connectivity index is -0.000000166. The third kappa shape index (κ3) is 30.4. The number of aliphatic carboxylic acids is 2. The zero-order valence-electron chi connectivity index (χ0n) is 26.8. The van der Waals surface area contributed by atoms with E-state index >= 15 is 0 Å². The third-order valence-corrected chi connectivity index (χ3v) is 6.87. The van der Waals surface area contributed by atoms with Crippen molar-refractivity contribution in [1.29, 1.82) is 0 Å². The Morgan fingerprint density at radius 3 is 1.67 bits per heavy atom. The molecule has 42 heavy (non-hydrogen) atoms. The number of carbonyl (C=O) groups is 3. The maximum atomic E-state index is 11.4. The van der Waals surface area contributed by atoms with Gasteiger partial charge in [-0.15, -0.1) is 0 Å². The maximum absolute atomic E-state index is 11.4. The van der Waals surface area contributed by atoms with Gasteiger partial charge in [0.1, 0.15) is 12.4 Å². The van der Waals surface area contributed by atoms with Gasteiger partial charge in [-0.25, -0.2) is 0 Å². The molecule has 0 fully saturated rings. The van der Waals surface area contributed by atoms with E-state index in [1.165, 1.54) is 44.9 Å². The van der Waals surface area contributed by atoms with Crippen LogP contribution >= 0.6 is 7.82 Å². The van der Waals surface area contributed by atoms with Crippen LogP contribution in [0.5, 0.6) is 0 Å². The summed E-state index contributed by atoms with van der Waals surface area (Å²) in [4.78, 5) is 52.0. The van der Waals surface area contributed by atoms with E-state index in [4.69, 9.17) is 21.1 Å². The van der Waals surface area contributed by atoms with Crippen molar-refractivity contribution in [2.45, 2.75) is 109 Å². The molecule has 0 spiro atoms. The number of carbonyl (C=O) groups excluding carboxylic acids is 2. The fourth-order valence-electron chi connectivity index (χ4n) is 4.09. The first-order valence-electron chi connectivity index (χ1n) is 14.0. The van der Waals surface area contributed by atoms with Crippen LogP contribution < -0.4 is 79.7 Å². The standard InChI is InChI=1S/C12H25NO.C11H21NO5.C3H9O5P.2Na/c1-2-3-4-5-6-7-8-9-10-11-12(13)14;1-4-6-12(2,3)11(5-7-13,10(16)17)8-9(14)15;4-2-1-3-8-9(5,6)7;;/h2-11H2,1H3,(H2,13,14);13H,4-8H2,1-3H3,(H-,14,15,16,17);4H,1-3H2,(H2,5,6,7);;/q;;;2*+1/p-2. The van der Waals surface area contributed by atoms with Crippen molar-refractivity contribution in [3.63, 3.8) is 0 Å². The number of hydrogen-bond donors (Lipinski definition) is 4. The monoisotopic (exact) mass is 646 g/mol. The third-order valence-electron chi connectivity index (χ3n) is 6.37. The number of nitrogens with zero attached hydrogens (tertiary/aromatic N) is 1. The zero-order chi connectivity index (χ0) is 31.7. The van der Waals surface area contributed by atoms with Crippen LogP contribution in [-0.2, 0) is 23.5 Å². The smallest absolute Gasteiger partial charge is 0.790 e. The van der Waals surface area contributed by atoms with E-state index < -0.39 is 31.7 Å². The number of amides is 1. The molecule has 240 valence electrons. The van der Waals surface area contributed by atoms with Gasteiger partial charge in [-0.05, 0) is 19.3 Å². The first-order chi connectivity index (χ1) is 18.6. The summed E-state index contributed by atoms with van der Waals surface area (Å²) in [5, 5.41) is 37.3. The minimum absolute atomic E-state index is 0. The van der Waals surface area contributed by atoms with E-state index in [1.807, 2.05) is 6.92 Å². The molecule has 0 aliphatic rings. The second kappa shape index (κ2) is 31.4. The van der Waals surface area contributed by atoms with E-state index in [0.717, 1.165) is 12.8 Å². The van der Waals surface area contributed by atoms with Crippen LogP contribution in [0, 0.1) is 0 Å². The second-order valence-electron chi connectivity index (χ2n) is 10.2. The number of quaternary nitrogens is 1. The number of phosphoric ester groups is 1. The number of rotatable bonds is 22. The largest absolute Gasteiger partial charge is 1.00 e. The Morgan fingerprint density at radius 1 is 0.857 bits per heavy atom. The molecule has 0 aliphatic carbocycles. The Labute approximate surface area is 296 Å². The summed E-state index contributed by atoms with van der Waals surface area (Å²) < 4.78 is 13.4. The Kier molecular flexibility index (Phi) is 38.8. The maximum Gasteiger partial charge on any atom is 1.00 e. The number of aliphatic hydroxyl groups excluding tert-OH is 2. The van der Waals surface area contributed by atoms with Crippen LogP contribution in [0.1, 0.15) is 104 Å². The molecule has 13 nitrogen and oxygen atoms in total. The van der Waals surface area contributed by atoms with Crippen LogP contribution in [0.4, 0.5) is 0 Å². The molecule has 0 aromatic carbocycles. The quantitative estimate of drug-likeness (QED) is 0.0375. The molecule has 0 aromatic rings. The van der Waals surface area contributed by atoms with Crippen molar-refractivity contribution >= 4 is 25.7 Å². The Morgan fingerprint density at radius 2 is 1.33 bits per heavy atom. The van der Waals surface area contributed by atoms with E-state index in [2.05, 4.69) is 11.4 Å². The predicted molar refractivity (Wildman–Crippen MR) is 145 cm³/mol. The number of primary amides is 1. The summed E-state index contributed by atoms with van der Waals surface area (Å²) in [6.07, 6.45) is 12.3. The normalized spacial score (nSPS) is 12.2. The van der Waals surface area contributed by atoms with E-state index in [-0.39, 0.29) is 102 Å². The predicted octanol–water partition coefficient (Wildman–Crippen LogP) is -5.57. The fraction of sp³-hybridized carbons (Fsp3) is 0.885. The van der Waals surface area contributed by atoms with Crippen molar-refractivity contribution in [2.75, 3.05) is 40.5 Å². The van der Waals surface area contributed by atoms with Gasteiger partial charge in [-0.3, -0.25) is 9.59 Å². The van der Waals surface area contributed by atoms with Crippen molar-refractivity contribution < 1.29 is 117 Å². The number of carboxylic acids is 2. The summed E-state index contributed by atoms with van der Waals surface area (Å²) in [6.45, 7) is 3.83. The molecule has 16 heteroatoms. The number of hydrogen-bond acceptors (Lipinski definition) is 10. The van der Waals surface area contributed by atoms with Crippen molar-refractivity contribution in [1.82, 2.24) is 0 Å². The fourth-order valence-corrected chi connectivity index (χ4v) is 4.44. The van der Waals surface area contributed by atoms with Gasteiger partial charge in [-0.2, -0.15) is 0 Å². The number of aliphatic hydroxyl groups is 2. The minimum Gasteiger partial charge on any atom is -0.790 e. The second-order valence-corrected chi connectivity index (χ2v) is 11.3. The number of phosphoric acid groups is 1. The summed E-state index contributed by atoms with van der Waals surface area (Å²) in [7, 11) is -1.51. The van der Waals surface area contributed by atoms with Crippen LogP contribution in [-0.4, -0.2) is 83.6 Å². The number of nitrogens with two attached hydrogens (primary N) is 1. The molecule has 0 saturated carbocycles. The molecule has 5 N–H and O–H groups in total. The molecule has 0 aliphatic heterocycles. The summed E-state index contributed by atoms with van der Waals surface area (Å²) in [5.41, 5.74) is 3.46. The molecule has 0 heterocycles. The molecule has 1 unspecified atom stereocenters. The first kappa shape index (κ1) is 52.0. The first-order valence-corrected chi connectivity index (χ1v) is 15.5. The SMILES string of the molecule is CCCCCCCCCCCC(N)=O.CCC[N+](C)(C)C(CCO)(CC(=O)O)C(=O)[O-].O=P([O-])([O-])OCCCO.[Na+].[Na+]. The van der Waals surface area contributed by atoms with Crippen molar-refractivity contribution in [3.8, 4) is 0 Å². The number of likely N-dealkylation sites (N-methyl/N-ethyl adjacent to an activating group) is 1. The molecular weight excluding hydrogens is 593 g/mol. The van der Waals surface area contributed by atoms with E-state index in [0.29, 0.717) is 19.4 Å². The average molecular weight is 647 g/mol. The van der Waals surface area contributed by atoms with E-state index in [1.54, 1.807) is 14.1 Å². The van der Waals surface area contributed by atoms with Gasteiger partial charge in [0, 0.05) is 26.1 Å².